The number of nitrogens with one attached hydrogen (secondary N) is 1. The van der Waals surface area contributed by atoms with Crippen LogP contribution in [0.1, 0.15) is 28.0 Å². The van der Waals surface area contributed by atoms with Gasteiger partial charge in [-0.3, -0.25) is 9.59 Å². The van der Waals surface area contributed by atoms with Gasteiger partial charge in [-0.1, -0.05) is 17.3 Å². The molecule has 0 unspecified atom stereocenters. The molecule has 0 saturated heterocycles. The normalized spacial score (nSPS) is 15.8. The summed E-state index contributed by atoms with van der Waals surface area (Å²) in [5.41, 5.74) is 0.166. The molecule has 3 rings (SSSR count). The average Bonchev–Trinajstić information content (AvgIpc) is 3.15. The minimum absolute atomic E-state index is 0.0557. The number of benzene rings is 1. The zero-order chi connectivity index (χ0) is 21.8. The Morgan fingerprint density at radius 3 is 2.77 bits per heavy atom. The summed E-state index contributed by atoms with van der Waals surface area (Å²) in [6, 6.07) is 4.55. The molecule has 30 heavy (non-hydrogen) atoms. The number of carbonyl (C=O) groups is 3. The van der Waals surface area contributed by atoms with Crippen LogP contribution in [0.25, 0.3) is 0 Å². The summed E-state index contributed by atoms with van der Waals surface area (Å²) in [4.78, 5) is 38.6. The fraction of sp³-hybridized carbons (Fsp3) is 0.235. The Bertz CT molecular complexity index is 1020. The predicted octanol–water partition coefficient (Wildman–Crippen LogP) is 0.961. The van der Waals surface area contributed by atoms with Gasteiger partial charge in [-0.15, -0.1) is 11.3 Å². The minimum Gasteiger partial charge on any atom is -0.535 e. The fourth-order valence-corrected chi connectivity index (χ4v) is 3.72. The number of anilines is 1. The summed E-state index contributed by atoms with van der Waals surface area (Å²) in [7, 11) is -1.43. The second-order valence-electron chi connectivity index (χ2n) is 6.43. The van der Waals surface area contributed by atoms with E-state index in [1.165, 1.54) is 11.4 Å². The van der Waals surface area contributed by atoms with Crippen LogP contribution < -0.4 is 9.97 Å². The van der Waals surface area contributed by atoms with Crippen LogP contribution >= 0.6 is 11.3 Å². The molecule has 0 saturated carbocycles. The highest BCUT2D eigenvalue weighted by Crippen LogP contribution is 2.36. The van der Waals surface area contributed by atoms with Crippen LogP contribution in [0, 0.1) is 0 Å². The zero-order valence-electron chi connectivity index (χ0n) is 15.3. The Morgan fingerprint density at radius 1 is 1.33 bits per heavy atom. The van der Waals surface area contributed by atoms with Crippen LogP contribution in [-0.2, 0) is 16.0 Å². The summed E-state index contributed by atoms with van der Waals surface area (Å²) in [6.07, 6.45) is -0.0583. The number of oxime groups is 1. The lowest BCUT2D eigenvalue weighted by Gasteiger charge is -2.27. The quantitative estimate of drug-likeness (QED) is 0.174. The molecule has 0 spiro atoms. The van der Waals surface area contributed by atoms with Crippen LogP contribution in [0.4, 0.5) is 5.13 Å². The van der Waals surface area contributed by atoms with Gasteiger partial charge >= 0.3 is 19.1 Å². The van der Waals surface area contributed by atoms with Crippen molar-refractivity contribution in [1.29, 1.82) is 0 Å². The molecule has 1 aliphatic heterocycles. The summed E-state index contributed by atoms with van der Waals surface area (Å²) >= 11 is 1.03. The first-order valence-electron chi connectivity index (χ1n) is 8.66. The number of carboxylic acids is 2. The first-order valence-corrected chi connectivity index (χ1v) is 9.54. The van der Waals surface area contributed by atoms with Gasteiger partial charge in [-0.25, -0.2) is 9.78 Å². The van der Waals surface area contributed by atoms with Crippen molar-refractivity contribution in [2.75, 3.05) is 11.9 Å². The van der Waals surface area contributed by atoms with E-state index in [4.69, 9.17) is 9.76 Å². The van der Waals surface area contributed by atoms with E-state index >= 15 is 0 Å². The lowest BCUT2D eigenvalue weighted by molar-refractivity contribution is -0.135. The lowest BCUT2D eigenvalue weighted by Crippen LogP contribution is -2.36. The largest absolute Gasteiger partial charge is 0.535 e. The maximum Gasteiger partial charge on any atom is 0.526 e. The predicted molar refractivity (Wildman–Crippen MR) is 106 cm³/mol. The number of carboxylic acid groups (broad SMARTS) is 2. The highest BCUT2D eigenvalue weighted by molar-refractivity contribution is 7.14. The van der Waals surface area contributed by atoms with Gasteiger partial charge in [0.1, 0.15) is 18.0 Å². The topological polar surface area (TPSA) is 179 Å². The van der Waals surface area contributed by atoms with Gasteiger partial charge in [0.25, 0.3) is 0 Å². The van der Waals surface area contributed by atoms with Crippen molar-refractivity contribution >= 4 is 47.0 Å². The maximum atomic E-state index is 12.6. The Kier molecular flexibility index (Phi) is 6.33. The minimum atomic E-state index is -1.43. The molecule has 1 aliphatic rings. The number of para-hydroxylation sites is 1. The van der Waals surface area contributed by atoms with Gasteiger partial charge in [-0.2, -0.15) is 0 Å². The first-order chi connectivity index (χ1) is 14.3. The van der Waals surface area contributed by atoms with E-state index in [0.717, 1.165) is 11.3 Å². The number of aromatic nitrogens is 1. The molecule has 13 heteroatoms. The number of hydrogen-bond donors (Lipinski definition) is 5. The molecule has 0 amide bonds. The van der Waals surface area contributed by atoms with E-state index in [2.05, 4.69) is 15.5 Å². The number of aliphatic carboxylic acids is 1. The third-order valence-electron chi connectivity index (χ3n) is 4.40. The monoisotopic (exact) mass is 433 g/mol. The highest BCUT2D eigenvalue weighted by atomic mass is 32.1. The van der Waals surface area contributed by atoms with Gasteiger partial charge in [0.2, 0.25) is 0 Å². The second kappa shape index (κ2) is 8.92. The molecule has 156 valence electrons. The molecular weight excluding hydrogens is 417 g/mol. The van der Waals surface area contributed by atoms with Crippen molar-refractivity contribution in [1.82, 2.24) is 4.98 Å². The fourth-order valence-electron chi connectivity index (χ4n) is 3.03. The van der Waals surface area contributed by atoms with Gasteiger partial charge < -0.3 is 30.4 Å². The molecule has 0 fully saturated rings. The molecule has 0 radical (unpaired) electrons. The smallest absolute Gasteiger partial charge is 0.526 e. The van der Waals surface area contributed by atoms with Gasteiger partial charge in [0.15, 0.2) is 16.6 Å². The SMILES string of the molecule is O=C(O)CNc1nc(/C(=N/O)C(=O)C[C@H]2Cc3cccc(C(=O)O)c3OB2O)cs1. The van der Waals surface area contributed by atoms with Crippen LogP contribution in [-0.4, -0.2) is 62.5 Å². The van der Waals surface area contributed by atoms with Crippen molar-refractivity contribution < 1.29 is 39.5 Å². The molecule has 0 aliphatic carbocycles. The Labute approximate surface area is 173 Å². The number of fused-ring (bicyclic) bond motifs is 1. The van der Waals surface area contributed by atoms with Gasteiger partial charge in [-0.05, 0) is 18.1 Å². The molecule has 5 N–H and O–H groups in total. The molecule has 11 nitrogen and oxygen atoms in total. The van der Waals surface area contributed by atoms with Gasteiger partial charge in [0.05, 0.1) is 5.56 Å². The van der Waals surface area contributed by atoms with Crippen LogP contribution in [0.3, 0.4) is 0 Å². The van der Waals surface area contributed by atoms with E-state index in [1.54, 1.807) is 12.1 Å². The Balaban J connectivity index is 1.73. The number of carbonyl (C=O) groups excluding carboxylic acids is 1. The standard InChI is InChI=1S/C17H16BN3O8S/c22-12(14(21-28)11-7-30-17(20-11)19-6-13(23)24)5-9-4-8-2-1-3-10(16(25)26)15(8)29-18(9)27/h1-3,7,9,27-28H,4-6H2,(H,19,20)(H,23,24)(H,25,26)/b21-14-/t9-/m1/s1. The van der Waals surface area contributed by atoms with E-state index in [1.807, 2.05) is 0 Å². The Morgan fingerprint density at radius 2 is 2.10 bits per heavy atom. The van der Waals surface area contributed by atoms with Gasteiger partial charge in [0, 0.05) is 17.6 Å². The molecule has 1 aromatic carbocycles. The number of Topliss-reactive ketones (excluding diaryl/α,β-unsaturated/α-hetero) is 1. The molecule has 2 aromatic rings. The number of thiazole rings is 1. The lowest BCUT2D eigenvalue weighted by atomic mass is 9.64. The van der Waals surface area contributed by atoms with Crippen molar-refractivity contribution in [3.63, 3.8) is 0 Å². The first kappa shape index (κ1) is 21.3. The van der Waals surface area contributed by atoms with Crippen molar-refractivity contribution in [3.8, 4) is 5.75 Å². The summed E-state index contributed by atoms with van der Waals surface area (Å²) in [5, 5.41) is 44.7. The highest BCUT2D eigenvalue weighted by Gasteiger charge is 2.38. The molecule has 1 atom stereocenters. The third-order valence-corrected chi connectivity index (χ3v) is 5.20. The average molecular weight is 433 g/mol. The molecular formula is C17H16BN3O8S. The summed E-state index contributed by atoms with van der Waals surface area (Å²) in [6.45, 7) is -0.365. The maximum absolute atomic E-state index is 12.6. The molecule has 1 aromatic heterocycles. The number of rotatable bonds is 8. The zero-order valence-corrected chi connectivity index (χ0v) is 16.1. The molecule has 2 heterocycles. The van der Waals surface area contributed by atoms with E-state index < -0.39 is 30.7 Å². The van der Waals surface area contributed by atoms with Crippen molar-refractivity contribution in [2.24, 2.45) is 5.16 Å². The third kappa shape index (κ3) is 4.58. The number of hydrogen-bond acceptors (Lipinski definition) is 10. The van der Waals surface area contributed by atoms with Crippen molar-refractivity contribution in [2.45, 2.75) is 18.7 Å². The van der Waals surface area contributed by atoms with Crippen LogP contribution in [0.5, 0.6) is 5.75 Å². The van der Waals surface area contributed by atoms with E-state index in [-0.39, 0.29) is 47.2 Å². The van der Waals surface area contributed by atoms with E-state index in [0.29, 0.717) is 5.56 Å². The van der Waals surface area contributed by atoms with E-state index in [9.17, 15) is 29.7 Å². The molecule has 0 bridgehead atoms. The number of nitrogens with zero attached hydrogens (tertiary/aromatic N) is 2. The van der Waals surface area contributed by atoms with Crippen LogP contribution in [0.15, 0.2) is 28.7 Å². The summed E-state index contributed by atoms with van der Waals surface area (Å²) < 4.78 is 5.36. The van der Waals surface area contributed by atoms with Crippen LogP contribution in [0.2, 0.25) is 5.82 Å². The number of ketones is 1. The van der Waals surface area contributed by atoms with Crippen molar-refractivity contribution in [3.05, 3.63) is 40.4 Å². The Hall–Kier alpha value is -3.45. The second-order valence-corrected chi connectivity index (χ2v) is 7.29. The number of aromatic carboxylic acids is 1. The summed E-state index contributed by atoms with van der Waals surface area (Å²) in [5.74, 6) is -3.53.